The van der Waals surface area contributed by atoms with E-state index in [-0.39, 0.29) is 0 Å². The molecule has 0 aromatic heterocycles. The number of rotatable bonds is 2. The number of alkyl halides is 3. The molecule has 4 heteroatoms. The van der Waals surface area contributed by atoms with Crippen LogP contribution >= 0.6 is 15.9 Å². The lowest BCUT2D eigenvalue weighted by atomic mass is 10.1. The van der Waals surface area contributed by atoms with Crippen molar-refractivity contribution in [2.75, 3.05) is 0 Å². The van der Waals surface area contributed by atoms with E-state index in [9.17, 15) is 13.2 Å². The summed E-state index contributed by atoms with van der Waals surface area (Å²) in [5.74, 6) is 0. The maximum Gasteiger partial charge on any atom is 0.416 e. The van der Waals surface area contributed by atoms with E-state index >= 15 is 0 Å². The van der Waals surface area contributed by atoms with Crippen LogP contribution < -0.4 is 0 Å². The molecule has 0 aliphatic carbocycles. The van der Waals surface area contributed by atoms with Crippen LogP contribution in [-0.4, -0.2) is 0 Å². The second kappa shape index (κ2) is 5.34. The van der Waals surface area contributed by atoms with Gasteiger partial charge in [0.25, 0.3) is 0 Å². The monoisotopic (exact) mass is 290 g/mol. The van der Waals surface area contributed by atoms with Crippen molar-refractivity contribution < 1.29 is 13.2 Å². The molecule has 16 heavy (non-hydrogen) atoms. The van der Waals surface area contributed by atoms with Crippen molar-refractivity contribution >= 4 is 20.4 Å². The molecule has 0 atom stereocenters. The average molecular weight is 291 g/mol. The first-order valence-corrected chi connectivity index (χ1v) is 5.40. The van der Waals surface area contributed by atoms with Gasteiger partial charge >= 0.3 is 6.18 Å². The van der Waals surface area contributed by atoms with Gasteiger partial charge in [-0.25, -0.2) is 0 Å². The lowest BCUT2D eigenvalue weighted by Gasteiger charge is -2.07. The minimum atomic E-state index is -4.28. The molecule has 0 unspecified atom stereocenters. The first-order chi connectivity index (χ1) is 7.45. The topological polar surface area (TPSA) is 0 Å². The lowest BCUT2D eigenvalue weighted by Crippen LogP contribution is -2.04. The molecule has 1 aromatic carbocycles. The van der Waals surface area contributed by atoms with Gasteiger partial charge in [-0.2, -0.15) is 13.2 Å². The minimum Gasteiger partial charge on any atom is -0.166 e. The predicted octanol–water partition coefficient (Wildman–Crippen LogP) is 5.02. The normalized spacial score (nSPS) is 13.4. The Balaban J connectivity index is 2.95. The third-order valence-corrected chi connectivity index (χ3v) is 2.65. The Morgan fingerprint density at radius 1 is 1.19 bits per heavy atom. The van der Waals surface area contributed by atoms with E-state index in [2.05, 4.69) is 15.9 Å². The quantitative estimate of drug-likeness (QED) is 0.671. The Morgan fingerprint density at radius 3 is 2.19 bits per heavy atom. The molecule has 86 valence electrons. The first-order valence-electron chi connectivity index (χ1n) is 4.61. The van der Waals surface area contributed by atoms with Gasteiger partial charge in [0.1, 0.15) is 0 Å². The van der Waals surface area contributed by atoms with Crippen LogP contribution in [0.15, 0.2) is 42.5 Å². The van der Waals surface area contributed by atoms with Gasteiger partial charge in [0.05, 0.1) is 5.56 Å². The van der Waals surface area contributed by atoms with E-state index in [0.29, 0.717) is 5.56 Å². The zero-order valence-electron chi connectivity index (χ0n) is 8.55. The van der Waals surface area contributed by atoms with E-state index in [1.165, 1.54) is 12.1 Å². The van der Waals surface area contributed by atoms with Crippen molar-refractivity contribution in [1.82, 2.24) is 0 Å². The van der Waals surface area contributed by atoms with Crippen molar-refractivity contribution in [3.05, 3.63) is 53.6 Å². The van der Waals surface area contributed by atoms with Crippen LogP contribution in [0.1, 0.15) is 18.1 Å². The van der Waals surface area contributed by atoms with Crippen LogP contribution in [0.5, 0.6) is 0 Å². The zero-order chi connectivity index (χ0) is 12.2. The molecule has 0 N–H and O–H groups in total. The molecule has 0 spiro atoms. The van der Waals surface area contributed by atoms with E-state index in [4.69, 9.17) is 0 Å². The summed E-state index contributed by atoms with van der Waals surface area (Å²) < 4.78 is 37.6. The molecule has 0 bridgehead atoms. The van der Waals surface area contributed by atoms with Crippen molar-refractivity contribution in [2.45, 2.75) is 13.1 Å². The molecule has 0 amide bonds. The Bertz CT molecular complexity index is 399. The van der Waals surface area contributed by atoms with Gasteiger partial charge in [0, 0.05) is 4.48 Å². The molecule has 0 aliphatic heterocycles. The molecule has 0 heterocycles. The van der Waals surface area contributed by atoms with Gasteiger partial charge in [-0.1, -0.05) is 40.2 Å². The van der Waals surface area contributed by atoms with E-state index < -0.39 is 11.7 Å². The van der Waals surface area contributed by atoms with Crippen LogP contribution in [0.2, 0.25) is 0 Å². The van der Waals surface area contributed by atoms with E-state index in [0.717, 1.165) is 16.6 Å². The van der Waals surface area contributed by atoms with Crippen molar-refractivity contribution in [3.63, 3.8) is 0 Å². The molecule has 0 aliphatic rings. The molecule has 0 saturated carbocycles. The molecule has 0 radical (unpaired) electrons. The van der Waals surface area contributed by atoms with Gasteiger partial charge in [-0.3, -0.25) is 0 Å². The fraction of sp³-hybridized carbons (Fsp3) is 0.167. The highest BCUT2D eigenvalue weighted by molar-refractivity contribution is 9.15. The Labute approximate surface area is 101 Å². The maximum absolute atomic E-state index is 12.3. The van der Waals surface area contributed by atoms with E-state index in [1.807, 2.05) is 19.1 Å². The van der Waals surface area contributed by atoms with Crippen molar-refractivity contribution in [1.29, 1.82) is 0 Å². The average Bonchev–Trinajstić information content (AvgIpc) is 2.25. The van der Waals surface area contributed by atoms with Crippen LogP contribution in [0.4, 0.5) is 13.2 Å². The number of allylic oxidation sites excluding steroid dienone is 3. The van der Waals surface area contributed by atoms with Crippen molar-refractivity contribution in [3.8, 4) is 0 Å². The third kappa shape index (κ3) is 3.52. The van der Waals surface area contributed by atoms with Gasteiger partial charge in [-0.05, 0) is 30.7 Å². The van der Waals surface area contributed by atoms with Crippen LogP contribution in [0, 0.1) is 0 Å². The summed E-state index contributed by atoms with van der Waals surface area (Å²) in [5.41, 5.74) is 0.0775. The summed E-state index contributed by atoms with van der Waals surface area (Å²) in [6.45, 7) is 1.86. The summed E-state index contributed by atoms with van der Waals surface area (Å²) >= 11 is 3.29. The highest BCUT2D eigenvalue weighted by atomic mass is 79.9. The van der Waals surface area contributed by atoms with Gasteiger partial charge in [0.15, 0.2) is 0 Å². The van der Waals surface area contributed by atoms with Crippen molar-refractivity contribution in [2.24, 2.45) is 0 Å². The van der Waals surface area contributed by atoms with E-state index in [1.54, 1.807) is 6.08 Å². The molecule has 0 nitrogen and oxygen atoms in total. The summed E-state index contributed by atoms with van der Waals surface area (Å²) in [5, 5.41) is 0. The predicted molar refractivity (Wildman–Crippen MR) is 63.2 cm³/mol. The fourth-order valence-corrected chi connectivity index (χ4v) is 1.51. The van der Waals surface area contributed by atoms with Gasteiger partial charge in [0.2, 0.25) is 0 Å². The summed E-state index contributed by atoms with van der Waals surface area (Å²) in [7, 11) is 0. The second-order valence-electron chi connectivity index (χ2n) is 3.12. The lowest BCUT2D eigenvalue weighted by molar-refractivity contribution is -0.137. The smallest absolute Gasteiger partial charge is 0.166 e. The van der Waals surface area contributed by atoms with Crippen LogP contribution in [0.25, 0.3) is 4.48 Å². The minimum absolute atomic E-state index is 0.636. The number of hydrogen-bond donors (Lipinski definition) is 0. The molecule has 1 aromatic rings. The Kier molecular flexibility index (Phi) is 4.35. The zero-order valence-corrected chi connectivity index (χ0v) is 10.1. The Morgan fingerprint density at radius 2 is 1.75 bits per heavy atom. The Hall–Kier alpha value is -1.03. The van der Waals surface area contributed by atoms with Crippen LogP contribution in [0.3, 0.4) is 0 Å². The maximum atomic E-state index is 12.3. The third-order valence-electron chi connectivity index (χ3n) is 1.92. The first kappa shape index (κ1) is 13.0. The van der Waals surface area contributed by atoms with Gasteiger partial charge < -0.3 is 0 Å². The SMILES string of the molecule is C/C=C/C=C(\Br)c1ccc(C(F)(F)F)cc1. The van der Waals surface area contributed by atoms with Gasteiger partial charge in [-0.15, -0.1) is 0 Å². The molecule has 1 rings (SSSR count). The summed E-state index contributed by atoms with van der Waals surface area (Å²) in [6.07, 6.45) is 1.15. The highest BCUT2D eigenvalue weighted by Gasteiger charge is 2.29. The molecular formula is C12H10BrF3. The summed E-state index contributed by atoms with van der Waals surface area (Å²) in [4.78, 5) is 0. The largest absolute Gasteiger partial charge is 0.416 e. The second-order valence-corrected chi connectivity index (χ2v) is 3.97. The number of halogens is 4. The summed E-state index contributed by atoms with van der Waals surface area (Å²) in [6, 6.07) is 5.01. The molecule has 0 fully saturated rings. The number of hydrogen-bond acceptors (Lipinski definition) is 0. The fourth-order valence-electron chi connectivity index (χ4n) is 1.10. The molecular weight excluding hydrogens is 281 g/mol. The van der Waals surface area contributed by atoms with Crippen LogP contribution in [-0.2, 0) is 6.18 Å². The number of benzene rings is 1. The highest BCUT2D eigenvalue weighted by Crippen LogP contribution is 2.30. The molecule has 0 saturated heterocycles. The standard InChI is InChI=1S/C12H10BrF3/c1-2-3-4-11(13)9-5-7-10(8-6-9)12(14,15)16/h2-8H,1H3/b3-2+,11-4-.